The number of hydrogen-bond acceptors (Lipinski definition) is 3. The predicted octanol–water partition coefficient (Wildman–Crippen LogP) is 1.58. The summed E-state index contributed by atoms with van der Waals surface area (Å²) in [6.07, 6.45) is 6.23. The molecule has 2 heterocycles. The summed E-state index contributed by atoms with van der Waals surface area (Å²) in [4.78, 5) is 25.8. The van der Waals surface area contributed by atoms with Gasteiger partial charge in [0.25, 0.3) is 5.91 Å². The minimum atomic E-state index is -0.895. The molecule has 0 aromatic carbocycles. The van der Waals surface area contributed by atoms with Crippen molar-refractivity contribution < 1.29 is 14.7 Å². The lowest BCUT2D eigenvalue weighted by atomic mass is 9.84. The van der Waals surface area contributed by atoms with Crippen molar-refractivity contribution in [2.75, 3.05) is 0 Å². The summed E-state index contributed by atoms with van der Waals surface area (Å²) in [5.74, 6) is -0.757. The number of carbonyl (C=O) groups excluding carboxylic acids is 1. The maximum atomic E-state index is 12.7. The predicted molar refractivity (Wildman–Crippen MR) is 71.3 cm³/mol. The topological polar surface area (TPSA) is 86.3 Å². The fourth-order valence-corrected chi connectivity index (χ4v) is 3.68. The van der Waals surface area contributed by atoms with Crippen molar-refractivity contribution in [3.63, 3.8) is 0 Å². The van der Waals surface area contributed by atoms with Crippen LogP contribution in [0.3, 0.4) is 0 Å². The van der Waals surface area contributed by atoms with Crippen LogP contribution >= 0.6 is 0 Å². The number of aliphatic carboxylic acids is 1. The Morgan fingerprint density at radius 3 is 2.80 bits per heavy atom. The number of aromatic nitrogens is 2. The number of rotatable bonds is 2. The maximum absolute atomic E-state index is 12.7. The summed E-state index contributed by atoms with van der Waals surface area (Å²) in [5.41, 5.74) is 1.18. The lowest BCUT2D eigenvalue weighted by molar-refractivity contribution is -0.141. The van der Waals surface area contributed by atoms with Crippen LogP contribution in [0.25, 0.3) is 0 Å². The number of carboxylic acids is 1. The Kier molecular flexibility index (Phi) is 3.23. The molecule has 1 saturated heterocycles. The van der Waals surface area contributed by atoms with E-state index < -0.39 is 12.0 Å². The van der Waals surface area contributed by atoms with Crippen LogP contribution in [0.1, 0.15) is 48.2 Å². The molecule has 0 radical (unpaired) electrons. The van der Waals surface area contributed by atoms with Crippen molar-refractivity contribution in [1.82, 2.24) is 15.1 Å². The third-order valence-corrected chi connectivity index (χ3v) is 4.67. The largest absolute Gasteiger partial charge is 0.480 e. The standard InChI is InChI=1S/C14H19N3O3/c1-8-10(7-15-16-8)13(18)17-11-5-3-2-4-9(11)6-12(17)14(19)20/h7,9,11-12H,2-6H2,1H3,(H,15,16)(H,19,20)/t9-,11+,12-/m0/s1. The van der Waals surface area contributed by atoms with E-state index in [1.165, 1.54) is 6.20 Å². The molecule has 20 heavy (non-hydrogen) atoms. The van der Waals surface area contributed by atoms with Gasteiger partial charge in [-0.2, -0.15) is 5.10 Å². The number of carboxylic acid groups (broad SMARTS) is 1. The summed E-state index contributed by atoms with van der Waals surface area (Å²) < 4.78 is 0. The molecule has 6 heteroatoms. The van der Waals surface area contributed by atoms with Gasteiger partial charge in [0.05, 0.1) is 11.8 Å². The van der Waals surface area contributed by atoms with Gasteiger partial charge in [0.15, 0.2) is 0 Å². The molecule has 1 aromatic rings. The van der Waals surface area contributed by atoms with E-state index in [4.69, 9.17) is 0 Å². The van der Waals surface area contributed by atoms with Crippen LogP contribution in [0.5, 0.6) is 0 Å². The highest BCUT2D eigenvalue weighted by molar-refractivity contribution is 5.98. The fourth-order valence-electron chi connectivity index (χ4n) is 3.68. The Morgan fingerprint density at radius 1 is 1.40 bits per heavy atom. The van der Waals surface area contributed by atoms with Crippen molar-refractivity contribution in [3.05, 3.63) is 17.5 Å². The van der Waals surface area contributed by atoms with Gasteiger partial charge < -0.3 is 10.0 Å². The van der Waals surface area contributed by atoms with Gasteiger partial charge in [0.1, 0.15) is 6.04 Å². The van der Waals surface area contributed by atoms with Crippen LogP contribution in [0.15, 0.2) is 6.20 Å². The molecule has 1 aromatic heterocycles. The number of nitrogens with one attached hydrogen (secondary N) is 1. The molecule has 1 aliphatic carbocycles. The van der Waals surface area contributed by atoms with E-state index >= 15 is 0 Å². The van der Waals surface area contributed by atoms with Gasteiger partial charge in [-0.1, -0.05) is 12.8 Å². The molecule has 2 fully saturated rings. The molecule has 3 rings (SSSR count). The Morgan fingerprint density at radius 2 is 2.15 bits per heavy atom. The average molecular weight is 277 g/mol. The van der Waals surface area contributed by atoms with Crippen LogP contribution in [0, 0.1) is 12.8 Å². The van der Waals surface area contributed by atoms with Gasteiger partial charge in [-0.15, -0.1) is 0 Å². The number of nitrogens with zero attached hydrogens (tertiary/aromatic N) is 2. The smallest absolute Gasteiger partial charge is 0.326 e. The van der Waals surface area contributed by atoms with Crippen LogP contribution in [-0.2, 0) is 4.79 Å². The quantitative estimate of drug-likeness (QED) is 0.859. The molecule has 1 saturated carbocycles. The van der Waals surface area contributed by atoms with Gasteiger partial charge >= 0.3 is 5.97 Å². The highest BCUT2D eigenvalue weighted by Crippen LogP contribution is 2.40. The number of amides is 1. The van der Waals surface area contributed by atoms with E-state index in [9.17, 15) is 14.7 Å². The molecule has 6 nitrogen and oxygen atoms in total. The Balaban J connectivity index is 1.93. The molecule has 2 N–H and O–H groups in total. The van der Waals surface area contributed by atoms with Gasteiger partial charge in [-0.05, 0) is 32.1 Å². The molecular weight excluding hydrogens is 258 g/mol. The Labute approximate surface area is 117 Å². The zero-order chi connectivity index (χ0) is 14.3. The van der Waals surface area contributed by atoms with E-state index in [0.717, 1.165) is 25.7 Å². The summed E-state index contributed by atoms with van der Waals surface area (Å²) in [7, 11) is 0. The molecule has 1 amide bonds. The number of carbonyl (C=O) groups is 2. The van der Waals surface area contributed by atoms with Crippen molar-refractivity contribution in [1.29, 1.82) is 0 Å². The molecule has 1 aliphatic heterocycles. The number of hydrogen-bond donors (Lipinski definition) is 2. The maximum Gasteiger partial charge on any atom is 0.326 e. The summed E-state index contributed by atoms with van der Waals surface area (Å²) in [6, 6.07) is -0.614. The number of fused-ring (bicyclic) bond motifs is 1. The zero-order valence-electron chi connectivity index (χ0n) is 11.5. The lowest BCUT2D eigenvalue weighted by Crippen LogP contribution is -2.46. The van der Waals surface area contributed by atoms with E-state index in [1.54, 1.807) is 11.8 Å². The first-order valence-corrected chi connectivity index (χ1v) is 7.15. The van der Waals surface area contributed by atoms with E-state index in [-0.39, 0.29) is 11.9 Å². The third kappa shape index (κ3) is 1.99. The zero-order valence-corrected chi connectivity index (χ0v) is 11.5. The Hall–Kier alpha value is -1.85. The molecule has 2 aliphatic rings. The third-order valence-electron chi connectivity index (χ3n) is 4.67. The van der Waals surface area contributed by atoms with Crippen molar-refractivity contribution >= 4 is 11.9 Å². The molecule has 0 bridgehead atoms. The van der Waals surface area contributed by atoms with Gasteiger partial charge in [-0.25, -0.2) is 4.79 Å². The SMILES string of the molecule is Cc1[nH]ncc1C(=O)N1[C@@H]2CCCC[C@H]2C[C@H]1C(=O)O. The van der Waals surface area contributed by atoms with Gasteiger partial charge in [0.2, 0.25) is 0 Å². The van der Waals surface area contributed by atoms with Crippen LogP contribution in [0.4, 0.5) is 0 Å². The molecule has 0 spiro atoms. The number of aryl methyl sites for hydroxylation is 1. The van der Waals surface area contributed by atoms with Crippen LogP contribution in [-0.4, -0.2) is 44.2 Å². The number of H-pyrrole nitrogens is 1. The second-order valence-electron chi connectivity index (χ2n) is 5.82. The van der Waals surface area contributed by atoms with Crippen molar-refractivity contribution in [2.24, 2.45) is 5.92 Å². The Bertz CT molecular complexity index is 540. The van der Waals surface area contributed by atoms with Gasteiger partial charge in [0, 0.05) is 11.7 Å². The molecular formula is C14H19N3O3. The fraction of sp³-hybridized carbons (Fsp3) is 0.643. The molecule has 3 atom stereocenters. The van der Waals surface area contributed by atoms with Crippen LogP contribution < -0.4 is 0 Å². The van der Waals surface area contributed by atoms with Crippen molar-refractivity contribution in [2.45, 2.75) is 51.1 Å². The lowest BCUT2D eigenvalue weighted by Gasteiger charge is -2.32. The summed E-state index contributed by atoms with van der Waals surface area (Å²) >= 11 is 0. The first-order valence-electron chi connectivity index (χ1n) is 7.15. The molecule has 108 valence electrons. The normalized spacial score (nSPS) is 29.2. The summed E-state index contributed by atoms with van der Waals surface area (Å²) in [6.45, 7) is 1.78. The first kappa shape index (κ1) is 13.1. The van der Waals surface area contributed by atoms with E-state index in [1.807, 2.05) is 0 Å². The first-order chi connectivity index (χ1) is 9.59. The second kappa shape index (κ2) is 4.92. The summed E-state index contributed by atoms with van der Waals surface area (Å²) in [5, 5.41) is 16.0. The highest BCUT2D eigenvalue weighted by atomic mass is 16.4. The van der Waals surface area contributed by atoms with E-state index in [0.29, 0.717) is 23.6 Å². The second-order valence-corrected chi connectivity index (χ2v) is 5.82. The minimum absolute atomic E-state index is 0.0756. The molecule has 0 unspecified atom stereocenters. The van der Waals surface area contributed by atoms with Gasteiger partial charge in [-0.3, -0.25) is 9.89 Å². The average Bonchev–Trinajstić information content (AvgIpc) is 3.01. The van der Waals surface area contributed by atoms with E-state index in [2.05, 4.69) is 10.2 Å². The number of likely N-dealkylation sites (tertiary alicyclic amines) is 1. The minimum Gasteiger partial charge on any atom is -0.480 e. The highest BCUT2D eigenvalue weighted by Gasteiger charge is 2.47. The monoisotopic (exact) mass is 277 g/mol. The number of aromatic amines is 1. The van der Waals surface area contributed by atoms with Crippen molar-refractivity contribution in [3.8, 4) is 0 Å². The van der Waals surface area contributed by atoms with Crippen LogP contribution in [0.2, 0.25) is 0 Å².